The van der Waals surface area contributed by atoms with Gasteiger partial charge in [-0.05, 0) is 63.0 Å². The maximum atomic E-state index is 11.3. The molecule has 4 rings (SSSR count). The molecule has 0 radical (unpaired) electrons. The minimum atomic E-state index is -0.569. The molecule has 9 nitrogen and oxygen atoms in total. The van der Waals surface area contributed by atoms with Crippen LogP contribution in [0.15, 0.2) is 36.8 Å². The van der Waals surface area contributed by atoms with Gasteiger partial charge in [0.15, 0.2) is 11.6 Å². The molecule has 2 aromatic heterocycles. The van der Waals surface area contributed by atoms with Crippen LogP contribution < -0.4 is 16.2 Å². The van der Waals surface area contributed by atoms with Crippen molar-refractivity contribution in [2.24, 2.45) is 5.73 Å². The number of nitrogens with two attached hydrogens (primary N) is 2. The van der Waals surface area contributed by atoms with Gasteiger partial charge in [-0.15, -0.1) is 0 Å². The van der Waals surface area contributed by atoms with Crippen LogP contribution in [0.2, 0.25) is 0 Å². The van der Waals surface area contributed by atoms with Gasteiger partial charge in [0, 0.05) is 18.3 Å². The van der Waals surface area contributed by atoms with Crippen molar-refractivity contribution in [3.05, 3.63) is 47.9 Å². The third kappa shape index (κ3) is 4.83. The average Bonchev–Trinajstić information content (AvgIpc) is 3.45. The van der Waals surface area contributed by atoms with Crippen molar-refractivity contribution >= 4 is 11.7 Å². The number of rotatable bonds is 8. The lowest BCUT2D eigenvalue weighted by Crippen LogP contribution is -2.21. The van der Waals surface area contributed by atoms with Crippen LogP contribution in [0.25, 0.3) is 17.1 Å². The lowest BCUT2D eigenvalue weighted by molar-refractivity contribution is 0.100. The highest BCUT2D eigenvalue weighted by atomic mass is 16.5. The number of carbonyl (C=O) groups excluding carboxylic acids is 1. The lowest BCUT2D eigenvalue weighted by atomic mass is 10.1. The van der Waals surface area contributed by atoms with Gasteiger partial charge < -0.3 is 21.1 Å². The highest BCUT2D eigenvalue weighted by molar-refractivity contribution is 5.92. The predicted octanol–water partition coefficient (Wildman–Crippen LogP) is 2.18. The minimum absolute atomic E-state index is 0.206. The smallest absolute Gasteiger partial charge is 0.251 e. The Bertz CT molecular complexity index is 1070. The molecule has 1 amide bonds. The second-order valence-electron chi connectivity index (χ2n) is 7.73. The van der Waals surface area contributed by atoms with E-state index in [2.05, 4.69) is 20.0 Å². The van der Waals surface area contributed by atoms with Crippen molar-refractivity contribution in [2.75, 3.05) is 32.0 Å². The number of ether oxygens (including phenoxy) is 1. The van der Waals surface area contributed by atoms with Gasteiger partial charge in [0.2, 0.25) is 0 Å². The number of likely N-dealkylation sites (tertiary alicyclic amines) is 1. The molecular weight excluding hydrogens is 394 g/mol. The topological polar surface area (TPSA) is 125 Å². The summed E-state index contributed by atoms with van der Waals surface area (Å²) in [6, 6.07) is 5.92. The molecule has 0 unspecified atom stereocenters. The highest BCUT2D eigenvalue weighted by Gasteiger charge is 2.13. The number of nitrogen functional groups attached to an aromatic ring is 1. The van der Waals surface area contributed by atoms with Gasteiger partial charge in [0.05, 0.1) is 30.3 Å². The molecule has 31 heavy (non-hydrogen) atoms. The molecule has 3 heterocycles. The van der Waals surface area contributed by atoms with E-state index in [4.69, 9.17) is 16.2 Å². The summed E-state index contributed by atoms with van der Waals surface area (Å²) in [4.78, 5) is 22.7. The van der Waals surface area contributed by atoms with Crippen molar-refractivity contribution < 1.29 is 9.53 Å². The number of hydrogen-bond donors (Lipinski definition) is 2. The van der Waals surface area contributed by atoms with Gasteiger partial charge in [0.1, 0.15) is 5.75 Å². The molecule has 3 aromatic rings. The lowest BCUT2D eigenvalue weighted by Gasteiger charge is -2.15. The Morgan fingerprint density at radius 1 is 1.23 bits per heavy atom. The van der Waals surface area contributed by atoms with Crippen molar-refractivity contribution in [3.63, 3.8) is 0 Å². The van der Waals surface area contributed by atoms with E-state index in [9.17, 15) is 4.79 Å². The standard InChI is InChI=1S/C22H27N7O2/c1-15-11-16(5-6-19(15)31-10-4-9-28-7-2-3-8-28)18-13-25-20(23)22(27-18)29-14-17(12-26-29)21(24)30/h5-6,11-14H,2-4,7-10H2,1H3,(H2,23,25)(H2,24,30). The Balaban J connectivity index is 1.46. The second kappa shape index (κ2) is 9.13. The molecule has 1 fully saturated rings. The van der Waals surface area contributed by atoms with Gasteiger partial charge in [-0.25, -0.2) is 14.6 Å². The van der Waals surface area contributed by atoms with Crippen LogP contribution >= 0.6 is 0 Å². The van der Waals surface area contributed by atoms with Gasteiger partial charge >= 0.3 is 0 Å². The zero-order chi connectivity index (χ0) is 21.8. The number of benzene rings is 1. The monoisotopic (exact) mass is 421 g/mol. The maximum Gasteiger partial charge on any atom is 0.251 e. The summed E-state index contributed by atoms with van der Waals surface area (Å²) in [6.45, 7) is 6.22. The van der Waals surface area contributed by atoms with Gasteiger partial charge in [-0.2, -0.15) is 5.10 Å². The molecule has 0 bridgehead atoms. The van der Waals surface area contributed by atoms with Gasteiger partial charge in [0.25, 0.3) is 5.91 Å². The molecule has 9 heteroatoms. The molecule has 162 valence electrons. The first-order valence-electron chi connectivity index (χ1n) is 10.4. The van der Waals surface area contributed by atoms with Gasteiger partial charge in [-0.3, -0.25) is 4.79 Å². The molecule has 4 N–H and O–H groups in total. The van der Waals surface area contributed by atoms with Crippen molar-refractivity contribution in [2.45, 2.75) is 26.2 Å². The number of aromatic nitrogens is 4. The number of carbonyl (C=O) groups is 1. The number of primary amides is 1. The Hall–Kier alpha value is -3.46. The van der Waals surface area contributed by atoms with E-state index in [1.54, 1.807) is 6.20 Å². The first-order valence-corrected chi connectivity index (χ1v) is 10.4. The zero-order valence-electron chi connectivity index (χ0n) is 17.6. The fourth-order valence-corrected chi connectivity index (χ4v) is 3.71. The summed E-state index contributed by atoms with van der Waals surface area (Å²) in [5.41, 5.74) is 14.1. The van der Waals surface area contributed by atoms with Crippen LogP contribution in [0.5, 0.6) is 5.75 Å². The Kier molecular flexibility index (Phi) is 6.13. The molecule has 1 aliphatic rings. The number of anilines is 1. The summed E-state index contributed by atoms with van der Waals surface area (Å²) in [7, 11) is 0. The third-order valence-electron chi connectivity index (χ3n) is 5.41. The second-order valence-corrected chi connectivity index (χ2v) is 7.73. The molecular formula is C22H27N7O2. The zero-order valence-corrected chi connectivity index (χ0v) is 17.6. The summed E-state index contributed by atoms with van der Waals surface area (Å²) in [6.07, 6.45) is 8.11. The highest BCUT2D eigenvalue weighted by Crippen LogP contribution is 2.26. The van der Waals surface area contributed by atoms with Crippen LogP contribution in [0.1, 0.15) is 35.2 Å². The number of aryl methyl sites for hydroxylation is 1. The summed E-state index contributed by atoms with van der Waals surface area (Å²) in [5.74, 6) is 0.843. The first-order chi connectivity index (χ1) is 15.0. The Morgan fingerprint density at radius 3 is 2.74 bits per heavy atom. The molecule has 1 aromatic carbocycles. The summed E-state index contributed by atoms with van der Waals surface area (Å²) in [5, 5.41) is 4.12. The Morgan fingerprint density at radius 2 is 2.03 bits per heavy atom. The van der Waals surface area contributed by atoms with Crippen molar-refractivity contribution in [3.8, 4) is 22.8 Å². The van der Waals surface area contributed by atoms with E-state index >= 15 is 0 Å². The predicted molar refractivity (Wildman–Crippen MR) is 118 cm³/mol. The largest absolute Gasteiger partial charge is 0.493 e. The Labute approximate surface area is 181 Å². The van der Waals surface area contributed by atoms with Crippen molar-refractivity contribution in [1.82, 2.24) is 24.6 Å². The normalized spacial score (nSPS) is 14.1. The van der Waals surface area contributed by atoms with E-state index < -0.39 is 5.91 Å². The molecule has 0 spiro atoms. The van der Waals surface area contributed by atoms with E-state index in [0.717, 1.165) is 29.8 Å². The molecule has 1 saturated heterocycles. The summed E-state index contributed by atoms with van der Waals surface area (Å²) < 4.78 is 7.38. The van der Waals surface area contributed by atoms with Crippen LogP contribution in [0.3, 0.4) is 0 Å². The van der Waals surface area contributed by atoms with Crippen LogP contribution in [-0.2, 0) is 0 Å². The molecule has 1 aliphatic heterocycles. The van der Waals surface area contributed by atoms with E-state index in [1.807, 2.05) is 25.1 Å². The maximum absolute atomic E-state index is 11.3. The average molecular weight is 422 g/mol. The summed E-state index contributed by atoms with van der Waals surface area (Å²) >= 11 is 0. The van der Waals surface area contributed by atoms with Crippen LogP contribution in [-0.4, -0.2) is 56.8 Å². The number of nitrogens with zero attached hydrogens (tertiary/aromatic N) is 5. The quantitative estimate of drug-likeness (QED) is 0.534. The van der Waals surface area contributed by atoms with E-state index in [-0.39, 0.29) is 11.4 Å². The number of amides is 1. The molecule has 0 aliphatic carbocycles. The van der Waals surface area contributed by atoms with E-state index in [1.165, 1.54) is 43.0 Å². The van der Waals surface area contributed by atoms with Crippen LogP contribution in [0, 0.1) is 6.92 Å². The van der Waals surface area contributed by atoms with Crippen molar-refractivity contribution in [1.29, 1.82) is 0 Å². The molecule has 0 saturated carbocycles. The van der Waals surface area contributed by atoms with Gasteiger partial charge in [-0.1, -0.05) is 0 Å². The molecule has 0 atom stereocenters. The first kappa shape index (κ1) is 20.8. The van der Waals surface area contributed by atoms with Crippen LogP contribution in [0.4, 0.5) is 5.82 Å². The number of hydrogen-bond acceptors (Lipinski definition) is 7. The third-order valence-corrected chi connectivity index (χ3v) is 5.41. The SMILES string of the molecule is Cc1cc(-c2cnc(N)c(-n3cc(C(N)=O)cn3)n2)ccc1OCCCN1CCCC1. The fourth-order valence-electron chi connectivity index (χ4n) is 3.71. The van der Waals surface area contributed by atoms with E-state index in [0.29, 0.717) is 18.1 Å². The fraction of sp³-hybridized carbons (Fsp3) is 0.364. The minimum Gasteiger partial charge on any atom is -0.493 e.